The van der Waals surface area contributed by atoms with Gasteiger partial charge in [0, 0.05) is 0 Å². The van der Waals surface area contributed by atoms with E-state index in [1.807, 2.05) is 20.8 Å². The van der Waals surface area contributed by atoms with Crippen LogP contribution in [0.2, 0.25) is 0 Å². The van der Waals surface area contributed by atoms with Crippen LogP contribution in [0.4, 0.5) is 0 Å². The van der Waals surface area contributed by atoms with E-state index in [1.54, 1.807) is 0 Å². The smallest absolute Gasteiger partial charge is 0.0707 e. The Labute approximate surface area is 129 Å². The molecule has 3 heteroatoms. The number of ether oxygens (including phenoxy) is 2. The first-order chi connectivity index (χ1) is 9.59. The number of hydrogen-bond acceptors (Lipinski definition) is 3. The summed E-state index contributed by atoms with van der Waals surface area (Å²) in [6.07, 6.45) is 0. The molecular weight excluding hydrogens is 262 g/mol. The molecule has 1 atom stereocenters. The SMILES string of the molecule is CC(C)(C)OCCOCC(N)c1ccc(C(C)(C)C)cc1. The van der Waals surface area contributed by atoms with Crippen molar-refractivity contribution in [1.82, 2.24) is 0 Å². The Morgan fingerprint density at radius 1 is 0.952 bits per heavy atom. The van der Waals surface area contributed by atoms with Gasteiger partial charge in [0.25, 0.3) is 0 Å². The van der Waals surface area contributed by atoms with E-state index < -0.39 is 0 Å². The van der Waals surface area contributed by atoms with Gasteiger partial charge < -0.3 is 15.2 Å². The fraction of sp³-hybridized carbons (Fsp3) is 0.667. The molecule has 1 rings (SSSR count). The van der Waals surface area contributed by atoms with Crippen LogP contribution in [0.1, 0.15) is 58.7 Å². The highest BCUT2D eigenvalue weighted by molar-refractivity contribution is 5.29. The molecule has 0 spiro atoms. The van der Waals surface area contributed by atoms with E-state index in [1.165, 1.54) is 5.56 Å². The second-order valence-electron chi connectivity index (χ2n) is 7.51. The van der Waals surface area contributed by atoms with Crippen LogP contribution in [-0.4, -0.2) is 25.4 Å². The van der Waals surface area contributed by atoms with Crippen LogP contribution in [0.3, 0.4) is 0 Å². The zero-order chi connectivity index (χ0) is 16.1. The summed E-state index contributed by atoms with van der Waals surface area (Å²) in [6, 6.07) is 8.41. The lowest BCUT2D eigenvalue weighted by Gasteiger charge is -2.21. The molecule has 0 radical (unpaired) electrons. The molecule has 0 fully saturated rings. The van der Waals surface area contributed by atoms with Gasteiger partial charge in [-0.1, -0.05) is 45.0 Å². The zero-order valence-corrected chi connectivity index (χ0v) is 14.4. The molecule has 21 heavy (non-hydrogen) atoms. The molecule has 0 saturated carbocycles. The highest BCUT2D eigenvalue weighted by Crippen LogP contribution is 2.23. The molecule has 0 aliphatic heterocycles. The van der Waals surface area contributed by atoms with Gasteiger partial charge in [0.05, 0.1) is 31.5 Å². The van der Waals surface area contributed by atoms with E-state index in [-0.39, 0.29) is 17.1 Å². The lowest BCUT2D eigenvalue weighted by atomic mass is 9.86. The van der Waals surface area contributed by atoms with Crippen LogP contribution < -0.4 is 5.73 Å². The Morgan fingerprint density at radius 3 is 2.00 bits per heavy atom. The molecule has 0 aromatic heterocycles. The summed E-state index contributed by atoms with van der Waals surface area (Å²) in [5, 5.41) is 0. The van der Waals surface area contributed by atoms with E-state index in [2.05, 4.69) is 45.0 Å². The largest absolute Gasteiger partial charge is 0.377 e. The van der Waals surface area contributed by atoms with Gasteiger partial charge in [0.15, 0.2) is 0 Å². The van der Waals surface area contributed by atoms with Gasteiger partial charge in [0.2, 0.25) is 0 Å². The van der Waals surface area contributed by atoms with Crippen molar-refractivity contribution in [2.24, 2.45) is 5.73 Å². The van der Waals surface area contributed by atoms with Crippen LogP contribution in [0.5, 0.6) is 0 Å². The maximum atomic E-state index is 6.16. The molecule has 0 heterocycles. The first-order valence-electron chi connectivity index (χ1n) is 7.67. The molecule has 0 amide bonds. The minimum absolute atomic E-state index is 0.0892. The van der Waals surface area contributed by atoms with Crippen molar-refractivity contribution in [3.8, 4) is 0 Å². The molecule has 0 saturated heterocycles. The summed E-state index contributed by atoms with van der Waals surface area (Å²) in [5.41, 5.74) is 8.64. The minimum atomic E-state index is -0.117. The molecule has 0 aliphatic carbocycles. The summed E-state index contributed by atoms with van der Waals surface area (Å²) in [7, 11) is 0. The van der Waals surface area contributed by atoms with Crippen molar-refractivity contribution in [2.75, 3.05) is 19.8 Å². The fourth-order valence-electron chi connectivity index (χ4n) is 1.94. The Kier molecular flexibility index (Phi) is 6.39. The lowest BCUT2D eigenvalue weighted by Crippen LogP contribution is -2.23. The van der Waals surface area contributed by atoms with Crippen LogP contribution in [-0.2, 0) is 14.9 Å². The Bertz CT molecular complexity index is 412. The molecule has 3 nitrogen and oxygen atoms in total. The first kappa shape index (κ1) is 18.1. The molecule has 0 bridgehead atoms. The van der Waals surface area contributed by atoms with Gasteiger partial charge >= 0.3 is 0 Å². The summed E-state index contributed by atoms with van der Waals surface area (Å²) < 4.78 is 11.2. The van der Waals surface area contributed by atoms with E-state index >= 15 is 0 Å². The third-order valence-electron chi connectivity index (χ3n) is 3.27. The molecular formula is C18H31NO2. The van der Waals surface area contributed by atoms with Gasteiger partial charge in [-0.25, -0.2) is 0 Å². The Morgan fingerprint density at radius 2 is 1.52 bits per heavy atom. The van der Waals surface area contributed by atoms with E-state index in [0.717, 1.165) is 5.56 Å². The van der Waals surface area contributed by atoms with Crippen molar-refractivity contribution in [3.63, 3.8) is 0 Å². The summed E-state index contributed by atoms with van der Waals surface area (Å²) in [5.74, 6) is 0. The average Bonchev–Trinajstić information content (AvgIpc) is 2.36. The van der Waals surface area contributed by atoms with Gasteiger partial charge in [0.1, 0.15) is 0 Å². The average molecular weight is 293 g/mol. The van der Waals surface area contributed by atoms with Crippen molar-refractivity contribution < 1.29 is 9.47 Å². The fourth-order valence-corrected chi connectivity index (χ4v) is 1.94. The number of rotatable bonds is 6. The molecule has 2 N–H and O–H groups in total. The van der Waals surface area contributed by atoms with E-state index in [9.17, 15) is 0 Å². The Hall–Kier alpha value is -0.900. The van der Waals surface area contributed by atoms with Crippen molar-refractivity contribution >= 4 is 0 Å². The monoisotopic (exact) mass is 293 g/mol. The minimum Gasteiger partial charge on any atom is -0.377 e. The molecule has 1 aromatic carbocycles. The topological polar surface area (TPSA) is 44.5 Å². The van der Waals surface area contributed by atoms with Gasteiger partial charge in [-0.15, -0.1) is 0 Å². The second-order valence-corrected chi connectivity index (χ2v) is 7.51. The summed E-state index contributed by atoms with van der Waals surface area (Å²) in [4.78, 5) is 0. The number of benzene rings is 1. The first-order valence-corrected chi connectivity index (χ1v) is 7.67. The number of hydrogen-bond donors (Lipinski definition) is 1. The van der Waals surface area contributed by atoms with Crippen molar-refractivity contribution in [3.05, 3.63) is 35.4 Å². The normalized spacial score (nSPS) is 14.2. The molecule has 1 aromatic rings. The van der Waals surface area contributed by atoms with Gasteiger partial charge in [-0.2, -0.15) is 0 Å². The van der Waals surface area contributed by atoms with E-state index in [4.69, 9.17) is 15.2 Å². The third kappa shape index (κ3) is 7.07. The summed E-state index contributed by atoms with van der Waals surface area (Å²) >= 11 is 0. The lowest BCUT2D eigenvalue weighted by molar-refractivity contribution is -0.0363. The molecule has 120 valence electrons. The maximum absolute atomic E-state index is 6.16. The predicted octanol–water partition coefficient (Wildman–Crippen LogP) is 3.82. The quantitative estimate of drug-likeness (QED) is 0.811. The third-order valence-corrected chi connectivity index (χ3v) is 3.27. The van der Waals surface area contributed by atoms with Crippen LogP contribution in [0.25, 0.3) is 0 Å². The van der Waals surface area contributed by atoms with E-state index in [0.29, 0.717) is 19.8 Å². The summed E-state index contributed by atoms with van der Waals surface area (Å²) in [6.45, 7) is 14.4. The maximum Gasteiger partial charge on any atom is 0.0707 e. The van der Waals surface area contributed by atoms with Gasteiger partial charge in [-0.05, 0) is 37.3 Å². The zero-order valence-electron chi connectivity index (χ0n) is 14.4. The van der Waals surface area contributed by atoms with Crippen LogP contribution in [0, 0.1) is 0 Å². The van der Waals surface area contributed by atoms with Crippen LogP contribution in [0.15, 0.2) is 24.3 Å². The van der Waals surface area contributed by atoms with Crippen molar-refractivity contribution in [2.45, 2.75) is 58.6 Å². The van der Waals surface area contributed by atoms with Crippen LogP contribution >= 0.6 is 0 Å². The second kappa shape index (κ2) is 7.39. The highest BCUT2D eigenvalue weighted by atomic mass is 16.5. The van der Waals surface area contributed by atoms with Crippen molar-refractivity contribution in [1.29, 1.82) is 0 Å². The Balaban J connectivity index is 2.37. The molecule has 1 unspecified atom stereocenters. The standard InChI is InChI=1S/C18H31NO2/c1-17(2,3)15-9-7-14(8-10-15)16(19)13-20-11-12-21-18(4,5)6/h7-10,16H,11-13,19H2,1-6H3. The number of nitrogens with two attached hydrogens (primary N) is 1. The highest BCUT2D eigenvalue weighted by Gasteiger charge is 2.14. The van der Waals surface area contributed by atoms with Gasteiger partial charge in [-0.3, -0.25) is 0 Å². The molecule has 0 aliphatic rings. The predicted molar refractivity (Wildman–Crippen MR) is 88.6 cm³/mol.